The Morgan fingerprint density at radius 1 is 0.556 bits per heavy atom. The van der Waals surface area contributed by atoms with E-state index in [1.165, 1.54) is 11.1 Å². The van der Waals surface area contributed by atoms with Crippen molar-refractivity contribution in [2.24, 2.45) is 0 Å². The lowest BCUT2D eigenvalue weighted by Crippen LogP contribution is -1.85. The molecule has 2 aromatic carbocycles. The molecule has 3 rings (SSSR count). The average molecular weight is 232 g/mol. The second-order valence-corrected chi connectivity index (χ2v) is 4.05. The normalized spacial score (nSPS) is 10.2. The van der Waals surface area contributed by atoms with E-state index in [0.717, 1.165) is 11.3 Å². The van der Waals surface area contributed by atoms with E-state index in [0.29, 0.717) is 0 Å². The molecule has 0 radical (unpaired) electrons. The van der Waals surface area contributed by atoms with Crippen LogP contribution in [0.2, 0.25) is 0 Å². The zero-order chi connectivity index (χ0) is 12.2. The van der Waals surface area contributed by atoms with E-state index in [2.05, 4.69) is 46.6 Å². The Balaban J connectivity index is 1.95. The summed E-state index contributed by atoms with van der Waals surface area (Å²) in [5, 5.41) is 7.99. The molecule has 0 aliphatic heterocycles. The Morgan fingerprint density at radius 2 is 1.22 bits per heavy atom. The fourth-order valence-corrected chi connectivity index (χ4v) is 1.92. The van der Waals surface area contributed by atoms with Gasteiger partial charge in [0, 0.05) is 11.8 Å². The second kappa shape index (κ2) is 4.80. The minimum absolute atomic E-state index is 0.900. The quantitative estimate of drug-likeness (QED) is 0.671. The first-order chi connectivity index (χ1) is 8.93. The van der Waals surface area contributed by atoms with E-state index < -0.39 is 0 Å². The zero-order valence-electron chi connectivity index (χ0n) is 9.82. The Labute approximate surface area is 106 Å². The minimum atomic E-state index is 0.900. The fraction of sp³-hybridized carbons (Fsp3) is 0. The summed E-state index contributed by atoms with van der Waals surface area (Å²) in [7, 11) is 0. The van der Waals surface area contributed by atoms with Crippen LogP contribution in [0, 0.1) is 0 Å². The van der Waals surface area contributed by atoms with Crippen molar-refractivity contribution in [2.75, 3.05) is 0 Å². The van der Waals surface area contributed by atoms with E-state index in [1.807, 2.05) is 30.3 Å². The Morgan fingerprint density at radius 3 is 1.89 bits per heavy atom. The molecule has 0 saturated heterocycles. The topological polar surface area (TPSA) is 25.8 Å². The lowest BCUT2D eigenvalue weighted by Gasteiger charge is -2.03. The van der Waals surface area contributed by atoms with Crippen LogP contribution in [0.25, 0.3) is 22.4 Å². The van der Waals surface area contributed by atoms with Crippen molar-refractivity contribution in [3.05, 3.63) is 72.9 Å². The van der Waals surface area contributed by atoms with E-state index in [1.54, 1.807) is 6.20 Å². The molecule has 0 fully saturated rings. The van der Waals surface area contributed by atoms with Crippen molar-refractivity contribution < 1.29 is 0 Å². The van der Waals surface area contributed by atoms with Gasteiger partial charge >= 0.3 is 0 Å². The Kier molecular flexibility index (Phi) is 2.84. The molecular formula is C16H12N2. The third-order valence-corrected chi connectivity index (χ3v) is 2.86. The van der Waals surface area contributed by atoms with E-state index in [9.17, 15) is 0 Å². The van der Waals surface area contributed by atoms with Crippen LogP contribution in [0.3, 0.4) is 0 Å². The molecule has 1 aromatic heterocycles. The summed E-state index contributed by atoms with van der Waals surface area (Å²) in [5.41, 5.74) is 4.42. The number of hydrogen-bond donors (Lipinski definition) is 0. The third kappa shape index (κ3) is 2.13. The Bertz CT molecular complexity index is 558. The molecule has 2 nitrogen and oxygen atoms in total. The summed E-state index contributed by atoms with van der Waals surface area (Å²) in [6.45, 7) is 0. The molecule has 0 spiro atoms. The van der Waals surface area contributed by atoms with Crippen LogP contribution in [-0.2, 0) is 0 Å². The van der Waals surface area contributed by atoms with Crippen molar-refractivity contribution in [3.8, 4) is 22.4 Å². The molecule has 0 unspecified atom stereocenters. The first kappa shape index (κ1) is 10.7. The number of hydrogen-bond acceptors (Lipinski definition) is 2. The third-order valence-electron chi connectivity index (χ3n) is 2.86. The van der Waals surface area contributed by atoms with Crippen molar-refractivity contribution in [2.45, 2.75) is 0 Å². The molecule has 3 aromatic rings. The molecule has 0 saturated carbocycles. The highest BCUT2D eigenvalue weighted by molar-refractivity contribution is 5.68. The molecule has 0 N–H and O–H groups in total. The summed E-state index contributed by atoms with van der Waals surface area (Å²) < 4.78 is 0. The first-order valence-corrected chi connectivity index (χ1v) is 5.87. The Hall–Kier alpha value is -2.48. The number of aromatic nitrogens is 2. The van der Waals surface area contributed by atoms with Crippen molar-refractivity contribution in [3.63, 3.8) is 0 Å². The van der Waals surface area contributed by atoms with Gasteiger partial charge in [-0.3, -0.25) is 0 Å². The summed E-state index contributed by atoms with van der Waals surface area (Å²) in [5.74, 6) is 0. The molecule has 0 amide bonds. The highest BCUT2D eigenvalue weighted by atomic mass is 15.1. The number of benzene rings is 2. The van der Waals surface area contributed by atoms with Crippen LogP contribution in [-0.4, -0.2) is 10.2 Å². The zero-order valence-corrected chi connectivity index (χ0v) is 9.82. The number of rotatable bonds is 2. The van der Waals surface area contributed by atoms with Gasteiger partial charge in [0.25, 0.3) is 0 Å². The van der Waals surface area contributed by atoms with Crippen molar-refractivity contribution in [1.29, 1.82) is 0 Å². The summed E-state index contributed by atoms with van der Waals surface area (Å²) >= 11 is 0. The van der Waals surface area contributed by atoms with Gasteiger partial charge in [-0.15, -0.1) is 0 Å². The van der Waals surface area contributed by atoms with Crippen LogP contribution in [0.5, 0.6) is 0 Å². The fourth-order valence-electron chi connectivity index (χ4n) is 1.92. The average Bonchev–Trinajstić information content (AvgIpc) is 2.49. The van der Waals surface area contributed by atoms with E-state index >= 15 is 0 Å². The lowest BCUT2D eigenvalue weighted by atomic mass is 10.0. The highest BCUT2D eigenvalue weighted by Crippen LogP contribution is 2.22. The van der Waals surface area contributed by atoms with E-state index in [-0.39, 0.29) is 0 Å². The van der Waals surface area contributed by atoms with Crippen molar-refractivity contribution in [1.82, 2.24) is 10.2 Å². The maximum atomic E-state index is 4.10. The maximum Gasteiger partial charge on any atom is 0.0929 e. The largest absolute Gasteiger partial charge is 0.159 e. The molecule has 2 heteroatoms. The SMILES string of the molecule is c1ccc(-c2ccc(-c3cccnn3)cc2)cc1. The summed E-state index contributed by atoms with van der Waals surface area (Å²) in [6, 6.07) is 22.6. The monoisotopic (exact) mass is 232 g/mol. The van der Waals surface area contributed by atoms with Crippen molar-refractivity contribution >= 4 is 0 Å². The highest BCUT2D eigenvalue weighted by Gasteiger charge is 2.00. The molecule has 18 heavy (non-hydrogen) atoms. The van der Waals surface area contributed by atoms with Crippen LogP contribution in [0.4, 0.5) is 0 Å². The summed E-state index contributed by atoms with van der Waals surface area (Å²) in [6.07, 6.45) is 1.68. The van der Waals surface area contributed by atoms with Gasteiger partial charge in [0.1, 0.15) is 0 Å². The standard InChI is InChI=1S/C16H12N2/c1-2-5-13(6-3-1)14-8-10-15(11-9-14)16-7-4-12-17-18-16/h1-12H. The van der Waals surface area contributed by atoms with Crippen LogP contribution in [0.15, 0.2) is 72.9 Å². The van der Waals surface area contributed by atoms with Gasteiger partial charge in [-0.2, -0.15) is 10.2 Å². The molecular weight excluding hydrogens is 220 g/mol. The number of nitrogens with zero attached hydrogens (tertiary/aromatic N) is 2. The van der Waals surface area contributed by atoms with E-state index in [4.69, 9.17) is 0 Å². The molecule has 0 aliphatic carbocycles. The van der Waals surface area contributed by atoms with Gasteiger partial charge < -0.3 is 0 Å². The van der Waals surface area contributed by atoms with Crippen LogP contribution in [0.1, 0.15) is 0 Å². The van der Waals surface area contributed by atoms with Crippen LogP contribution >= 0.6 is 0 Å². The maximum absolute atomic E-state index is 4.10. The van der Waals surface area contributed by atoms with Gasteiger partial charge in [-0.25, -0.2) is 0 Å². The van der Waals surface area contributed by atoms with Gasteiger partial charge in [0.05, 0.1) is 5.69 Å². The first-order valence-electron chi connectivity index (χ1n) is 5.87. The lowest BCUT2D eigenvalue weighted by molar-refractivity contribution is 1.04. The molecule has 86 valence electrons. The van der Waals surface area contributed by atoms with Gasteiger partial charge in [0.2, 0.25) is 0 Å². The van der Waals surface area contributed by atoms with Crippen LogP contribution < -0.4 is 0 Å². The molecule has 0 atom stereocenters. The molecule has 1 heterocycles. The van der Waals surface area contributed by atoms with Gasteiger partial charge in [-0.1, -0.05) is 54.6 Å². The van der Waals surface area contributed by atoms with Gasteiger partial charge in [0.15, 0.2) is 0 Å². The predicted octanol–water partition coefficient (Wildman–Crippen LogP) is 3.81. The minimum Gasteiger partial charge on any atom is -0.159 e. The predicted molar refractivity (Wildman–Crippen MR) is 72.9 cm³/mol. The summed E-state index contributed by atoms with van der Waals surface area (Å²) in [4.78, 5) is 0. The smallest absolute Gasteiger partial charge is 0.0929 e. The molecule has 0 aliphatic rings. The second-order valence-electron chi connectivity index (χ2n) is 4.05. The molecule has 0 bridgehead atoms. The van der Waals surface area contributed by atoms with Gasteiger partial charge in [-0.05, 0) is 23.3 Å².